The molecule has 3 heterocycles. The number of halogens is 1. The quantitative estimate of drug-likeness (QED) is 0.676. The van der Waals surface area contributed by atoms with E-state index < -0.39 is 0 Å². The predicted molar refractivity (Wildman–Crippen MR) is 94.6 cm³/mol. The number of nitrogens with zero attached hydrogens (tertiary/aromatic N) is 4. The number of hydrogen-bond acceptors (Lipinski definition) is 7. The third kappa shape index (κ3) is 4.12. The first-order valence-corrected chi connectivity index (χ1v) is 8.74. The second-order valence-electron chi connectivity index (χ2n) is 6.28. The zero-order chi connectivity index (χ0) is 18.6. The van der Waals surface area contributed by atoms with Crippen molar-refractivity contribution in [1.29, 1.82) is 0 Å². The van der Waals surface area contributed by atoms with Gasteiger partial charge in [0, 0.05) is 36.8 Å². The second-order valence-corrected chi connectivity index (χ2v) is 6.28. The van der Waals surface area contributed by atoms with Crippen LogP contribution in [0.25, 0.3) is 11.4 Å². The van der Waals surface area contributed by atoms with E-state index in [0.717, 1.165) is 31.5 Å². The van der Waals surface area contributed by atoms with Gasteiger partial charge in [0.05, 0.1) is 7.11 Å². The Hall–Kier alpha value is -2.84. The maximum Gasteiger partial charge on any atom is 0.230 e. The first-order chi connectivity index (χ1) is 13.2. The summed E-state index contributed by atoms with van der Waals surface area (Å²) in [6.07, 6.45) is 3.46. The van der Waals surface area contributed by atoms with Crippen molar-refractivity contribution >= 4 is 0 Å². The van der Waals surface area contributed by atoms with Crippen molar-refractivity contribution in [2.24, 2.45) is 0 Å². The topological polar surface area (TPSA) is 73.5 Å². The molecule has 0 spiro atoms. The minimum Gasteiger partial charge on any atom is -0.439 e. The molecule has 0 aliphatic carbocycles. The van der Waals surface area contributed by atoms with E-state index in [0.29, 0.717) is 23.3 Å². The molecule has 0 N–H and O–H groups in total. The lowest BCUT2D eigenvalue weighted by Gasteiger charge is -2.27. The molecule has 0 atom stereocenters. The van der Waals surface area contributed by atoms with Gasteiger partial charge < -0.3 is 14.1 Å². The molecule has 4 rings (SSSR count). The van der Waals surface area contributed by atoms with Crippen LogP contribution >= 0.6 is 0 Å². The summed E-state index contributed by atoms with van der Waals surface area (Å²) in [6.45, 7) is 1.69. The molecule has 140 valence electrons. The van der Waals surface area contributed by atoms with E-state index in [1.54, 1.807) is 31.5 Å². The normalized spacial score (nSPS) is 15.8. The van der Waals surface area contributed by atoms with Gasteiger partial charge in [0.15, 0.2) is 0 Å². The number of rotatable bonds is 5. The summed E-state index contributed by atoms with van der Waals surface area (Å²) in [5, 5.41) is 6.00. The average Bonchev–Trinajstić information content (AvgIpc) is 3.21. The van der Waals surface area contributed by atoms with E-state index >= 15 is 0 Å². The molecule has 1 aromatic carbocycles. The van der Waals surface area contributed by atoms with Crippen LogP contribution in [-0.2, 0) is 4.84 Å². The first-order valence-electron chi connectivity index (χ1n) is 8.74. The molecule has 1 fully saturated rings. The molecule has 7 nitrogen and oxygen atoms in total. The highest BCUT2D eigenvalue weighted by Gasteiger charge is 2.25. The minimum absolute atomic E-state index is 0.242. The van der Waals surface area contributed by atoms with Gasteiger partial charge in [-0.25, -0.2) is 9.37 Å². The fourth-order valence-corrected chi connectivity index (χ4v) is 3.00. The van der Waals surface area contributed by atoms with Crippen LogP contribution in [0.2, 0.25) is 0 Å². The van der Waals surface area contributed by atoms with E-state index in [2.05, 4.69) is 15.1 Å². The Kier molecular flexibility index (Phi) is 5.08. The monoisotopic (exact) mass is 370 g/mol. The van der Waals surface area contributed by atoms with Gasteiger partial charge in [-0.15, -0.1) is 0 Å². The Morgan fingerprint density at radius 3 is 2.56 bits per heavy atom. The van der Waals surface area contributed by atoms with Crippen molar-refractivity contribution < 1.29 is 18.5 Å². The molecule has 0 unspecified atom stereocenters. The molecule has 2 aromatic heterocycles. The molecule has 8 heteroatoms. The fourth-order valence-electron chi connectivity index (χ4n) is 3.00. The standard InChI is InChI=1S/C19H19FN4O3/c1-25-24-10-8-13(9-11-24)19-22-18(23-27-19)14-2-7-17(21-12-14)26-16-5-3-15(20)4-6-16/h2-7,12-13H,8-11H2,1H3. The summed E-state index contributed by atoms with van der Waals surface area (Å²) >= 11 is 0. The molecule has 27 heavy (non-hydrogen) atoms. The van der Waals surface area contributed by atoms with Gasteiger partial charge in [-0.1, -0.05) is 5.16 Å². The summed E-state index contributed by atoms with van der Waals surface area (Å²) in [7, 11) is 1.68. The van der Waals surface area contributed by atoms with Crippen molar-refractivity contribution in [2.45, 2.75) is 18.8 Å². The van der Waals surface area contributed by atoms with Gasteiger partial charge in [0.2, 0.25) is 17.6 Å². The summed E-state index contributed by atoms with van der Waals surface area (Å²) in [5.74, 6) is 1.99. The Labute approximate surface area is 155 Å². The van der Waals surface area contributed by atoms with Gasteiger partial charge in [0.1, 0.15) is 11.6 Å². The SMILES string of the molecule is CON1CCC(c2nc(-c3ccc(Oc4ccc(F)cc4)nc3)no2)CC1. The Morgan fingerprint density at radius 1 is 1.11 bits per heavy atom. The minimum atomic E-state index is -0.313. The maximum absolute atomic E-state index is 12.9. The third-order valence-corrected chi connectivity index (χ3v) is 4.53. The van der Waals surface area contributed by atoms with Crippen LogP contribution in [0.15, 0.2) is 47.1 Å². The highest BCUT2D eigenvalue weighted by atomic mass is 19.1. The van der Waals surface area contributed by atoms with Gasteiger partial charge in [-0.2, -0.15) is 10.0 Å². The number of hydrogen-bond donors (Lipinski definition) is 0. The number of ether oxygens (including phenoxy) is 1. The Balaban J connectivity index is 1.42. The van der Waals surface area contributed by atoms with Crippen LogP contribution in [0.4, 0.5) is 4.39 Å². The van der Waals surface area contributed by atoms with E-state index in [-0.39, 0.29) is 11.7 Å². The predicted octanol–water partition coefficient (Wildman–Crippen LogP) is 3.80. The van der Waals surface area contributed by atoms with Crippen molar-refractivity contribution in [2.75, 3.05) is 20.2 Å². The fraction of sp³-hybridized carbons (Fsp3) is 0.316. The zero-order valence-electron chi connectivity index (χ0n) is 14.8. The number of piperidine rings is 1. The lowest BCUT2D eigenvalue weighted by atomic mass is 9.98. The van der Waals surface area contributed by atoms with Gasteiger partial charge in [-0.3, -0.25) is 0 Å². The first kappa shape index (κ1) is 17.6. The molecule has 1 saturated heterocycles. The van der Waals surface area contributed by atoms with E-state index in [1.807, 2.05) is 11.1 Å². The highest BCUT2D eigenvalue weighted by molar-refractivity contribution is 5.53. The van der Waals surface area contributed by atoms with Crippen LogP contribution in [0.1, 0.15) is 24.7 Å². The number of benzene rings is 1. The van der Waals surface area contributed by atoms with E-state index in [1.165, 1.54) is 12.1 Å². The molecule has 1 aliphatic heterocycles. The van der Waals surface area contributed by atoms with Crippen molar-refractivity contribution in [3.63, 3.8) is 0 Å². The molecule has 0 amide bonds. The molecular formula is C19H19FN4O3. The number of aromatic nitrogens is 3. The van der Waals surface area contributed by atoms with Crippen molar-refractivity contribution in [3.05, 3.63) is 54.3 Å². The molecule has 0 radical (unpaired) electrons. The van der Waals surface area contributed by atoms with Crippen LogP contribution in [0, 0.1) is 5.82 Å². The molecule has 0 saturated carbocycles. The Morgan fingerprint density at radius 2 is 1.89 bits per heavy atom. The lowest BCUT2D eigenvalue weighted by Crippen LogP contribution is -2.32. The van der Waals surface area contributed by atoms with Gasteiger partial charge >= 0.3 is 0 Å². The van der Waals surface area contributed by atoms with Crippen LogP contribution < -0.4 is 4.74 Å². The zero-order valence-corrected chi connectivity index (χ0v) is 14.8. The highest BCUT2D eigenvalue weighted by Crippen LogP contribution is 2.29. The summed E-state index contributed by atoms with van der Waals surface area (Å²) < 4.78 is 24.0. The third-order valence-electron chi connectivity index (χ3n) is 4.53. The van der Waals surface area contributed by atoms with E-state index in [9.17, 15) is 4.39 Å². The largest absolute Gasteiger partial charge is 0.439 e. The van der Waals surface area contributed by atoms with Crippen molar-refractivity contribution in [1.82, 2.24) is 20.2 Å². The second kappa shape index (κ2) is 7.81. The molecular weight excluding hydrogens is 351 g/mol. The molecule has 3 aromatic rings. The van der Waals surface area contributed by atoms with Crippen LogP contribution in [0.3, 0.4) is 0 Å². The Bertz CT molecular complexity index is 875. The smallest absolute Gasteiger partial charge is 0.230 e. The lowest BCUT2D eigenvalue weighted by molar-refractivity contribution is -0.144. The van der Waals surface area contributed by atoms with E-state index in [4.69, 9.17) is 14.1 Å². The summed E-state index contributed by atoms with van der Waals surface area (Å²) in [4.78, 5) is 14.0. The molecule has 1 aliphatic rings. The number of hydroxylamine groups is 2. The molecule has 0 bridgehead atoms. The summed E-state index contributed by atoms with van der Waals surface area (Å²) in [6, 6.07) is 9.29. The maximum atomic E-state index is 12.9. The van der Waals surface area contributed by atoms with Gasteiger partial charge in [0.25, 0.3) is 0 Å². The summed E-state index contributed by atoms with van der Waals surface area (Å²) in [5.41, 5.74) is 0.741. The van der Waals surface area contributed by atoms with Crippen LogP contribution in [-0.4, -0.2) is 40.4 Å². The number of pyridine rings is 1. The van der Waals surface area contributed by atoms with Crippen molar-refractivity contribution in [3.8, 4) is 23.0 Å². The average molecular weight is 370 g/mol. The van der Waals surface area contributed by atoms with Gasteiger partial charge in [-0.05, 0) is 43.2 Å². The van der Waals surface area contributed by atoms with Crippen LogP contribution in [0.5, 0.6) is 11.6 Å².